The van der Waals surface area contributed by atoms with Gasteiger partial charge in [0.1, 0.15) is 11.3 Å². The molecule has 0 saturated carbocycles. The van der Waals surface area contributed by atoms with Crippen LogP contribution in [0.5, 0.6) is 0 Å². The van der Waals surface area contributed by atoms with Crippen molar-refractivity contribution in [3.05, 3.63) is 24.0 Å². The standard InChI is InChI=1S/C15H22N4O2/c1-15(2,21)13-10-19(17-16-13)12-8-18(9-12)14(20)11-6-4-3-5-7-11/h3-4,10-12,21H,5-9H2,1-2H3. The summed E-state index contributed by atoms with van der Waals surface area (Å²) in [6.45, 7) is 4.75. The molecule has 0 radical (unpaired) electrons. The van der Waals surface area contributed by atoms with Gasteiger partial charge in [-0.2, -0.15) is 0 Å². The molecule has 2 heterocycles. The van der Waals surface area contributed by atoms with Crippen LogP contribution >= 0.6 is 0 Å². The quantitative estimate of drug-likeness (QED) is 0.850. The van der Waals surface area contributed by atoms with Gasteiger partial charge in [-0.15, -0.1) is 5.10 Å². The van der Waals surface area contributed by atoms with E-state index < -0.39 is 5.60 Å². The molecule has 114 valence electrons. The van der Waals surface area contributed by atoms with E-state index in [2.05, 4.69) is 22.5 Å². The first-order valence-corrected chi connectivity index (χ1v) is 7.53. The molecule has 21 heavy (non-hydrogen) atoms. The Hall–Kier alpha value is -1.69. The average Bonchev–Trinajstić information content (AvgIpc) is 2.87. The second-order valence-corrected chi connectivity index (χ2v) is 6.52. The number of nitrogens with zero attached hydrogens (tertiary/aromatic N) is 4. The maximum Gasteiger partial charge on any atom is 0.226 e. The summed E-state index contributed by atoms with van der Waals surface area (Å²) in [5.41, 5.74) is -0.420. The van der Waals surface area contributed by atoms with Gasteiger partial charge in [0.05, 0.1) is 12.2 Å². The monoisotopic (exact) mass is 290 g/mol. The molecule has 0 bridgehead atoms. The molecule has 1 fully saturated rings. The second-order valence-electron chi connectivity index (χ2n) is 6.52. The number of rotatable bonds is 3. The third-order valence-electron chi connectivity index (χ3n) is 4.30. The van der Waals surface area contributed by atoms with Crippen molar-refractivity contribution in [1.29, 1.82) is 0 Å². The van der Waals surface area contributed by atoms with Crippen LogP contribution in [-0.4, -0.2) is 44.0 Å². The lowest BCUT2D eigenvalue weighted by molar-refractivity contribution is -0.141. The Morgan fingerprint density at radius 3 is 2.71 bits per heavy atom. The molecule has 1 atom stereocenters. The summed E-state index contributed by atoms with van der Waals surface area (Å²) < 4.78 is 1.76. The van der Waals surface area contributed by atoms with Gasteiger partial charge in [0.2, 0.25) is 5.91 Å². The molecule has 6 heteroatoms. The first-order valence-electron chi connectivity index (χ1n) is 7.53. The summed E-state index contributed by atoms with van der Waals surface area (Å²) in [5.74, 6) is 0.414. The van der Waals surface area contributed by atoms with Gasteiger partial charge in [-0.1, -0.05) is 17.4 Å². The molecule has 1 aliphatic heterocycles. The second kappa shape index (κ2) is 5.26. The van der Waals surface area contributed by atoms with Crippen LogP contribution in [0, 0.1) is 5.92 Å². The van der Waals surface area contributed by atoms with Gasteiger partial charge in [0.25, 0.3) is 0 Å². The SMILES string of the molecule is CC(C)(O)c1cn(C2CN(C(=O)C3CC=CCC3)C2)nn1. The minimum absolute atomic E-state index is 0.152. The number of carbonyl (C=O) groups is 1. The largest absolute Gasteiger partial charge is 0.384 e. The zero-order chi connectivity index (χ0) is 15.0. The fourth-order valence-electron chi connectivity index (χ4n) is 2.81. The van der Waals surface area contributed by atoms with Crippen molar-refractivity contribution < 1.29 is 9.90 Å². The van der Waals surface area contributed by atoms with Crippen molar-refractivity contribution in [3.8, 4) is 0 Å². The normalized spacial score (nSPS) is 23.2. The van der Waals surface area contributed by atoms with E-state index in [-0.39, 0.29) is 17.9 Å². The summed E-state index contributed by atoms with van der Waals surface area (Å²) in [5, 5.41) is 18.0. The van der Waals surface area contributed by atoms with Crippen LogP contribution in [0.4, 0.5) is 0 Å². The molecule has 0 aromatic carbocycles. The lowest BCUT2D eigenvalue weighted by atomic mass is 9.91. The van der Waals surface area contributed by atoms with Gasteiger partial charge in [-0.05, 0) is 33.1 Å². The highest BCUT2D eigenvalue weighted by Crippen LogP contribution is 2.28. The zero-order valence-electron chi connectivity index (χ0n) is 12.6. The summed E-state index contributed by atoms with van der Waals surface area (Å²) in [6.07, 6.45) is 8.86. The molecule has 1 N–H and O–H groups in total. The number of amides is 1. The molecule has 3 rings (SSSR count). The van der Waals surface area contributed by atoms with Crippen LogP contribution in [-0.2, 0) is 10.4 Å². The van der Waals surface area contributed by atoms with E-state index in [0.717, 1.165) is 19.3 Å². The lowest BCUT2D eigenvalue weighted by Crippen LogP contribution is -2.52. The van der Waals surface area contributed by atoms with E-state index >= 15 is 0 Å². The number of hydrogen-bond donors (Lipinski definition) is 1. The number of allylic oxidation sites excluding steroid dienone is 2. The first-order chi connectivity index (χ1) is 9.95. The molecular formula is C15H22N4O2. The van der Waals surface area contributed by atoms with Crippen LogP contribution in [0.2, 0.25) is 0 Å². The highest BCUT2D eigenvalue weighted by Gasteiger charge is 2.36. The van der Waals surface area contributed by atoms with E-state index in [0.29, 0.717) is 18.8 Å². The molecule has 2 aliphatic rings. The molecule has 1 aromatic heterocycles. The van der Waals surface area contributed by atoms with Crippen LogP contribution in [0.15, 0.2) is 18.3 Å². The van der Waals surface area contributed by atoms with Gasteiger partial charge in [-0.25, -0.2) is 4.68 Å². The van der Waals surface area contributed by atoms with Crippen molar-refractivity contribution in [1.82, 2.24) is 19.9 Å². The summed E-state index contributed by atoms with van der Waals surface area (Å²) in [4.78, 5) is 14.2. The van der Waals surface area contributed by atoms with Gasteiger partial charge >= 0.3 is 0 Å². The van der Waals surface area contributed by atoms with Crippen LogP contribution < -0.4 is 0 Å². The Morgan fingerprint density at radius 1 is 1.38 bits per heavy atom. The number of carbonyl (C=O) groups excluding carboxylic acids is 1. The maximum absolute atomic E-state index is 12.3. The number of aromatic nitrogens is 3. The Kier molecular flexibility index (Phi) is 3.57. The fourth-order valence-corrected chi connectivity index (χ4v) is 2.81. The topological polar surface area (TPSA) is 71.2 Å². The van der Waals surface area contributed by atoms with Crippen molar-refractivity contribution >= 4 is 5.91 Å². The maximum atomic E-state index is 12.3. The smallest absolute Gasteiger partial charge is 0.226 e. The Labute approximate surface area is 124 Å². The molecule has 1 unspecified atom stereocenters. The molecule has 1 aliphatic carbocycles. The average molecular weight is 290 g/mol. The Bertz CT molecular complexity index is 552. The highest BCUT2D eigenvalue weighted by atomic mass is 16.3. The molecule has 1 amide bonds. The molecule has 6 nitrogen and oxygen atoms in total. The van der Waals surface area contributed by atoms with Crippen LogP contribution in [0.1, 0.15) is 44.8 Å². The Morgan fingerprint density at radius 2 is 2.14 bits per heavy atom. The number of aliphatic hydroxyl groups is 1. The van der Waals surface area contributed by atoms with Gasteiger partial charge in [0, 0.05) is 19.0 Å². The van der Waals surface area contributed by atoms with Gasteiger partial charge < -0.3 is 10.0 Å². The zero-order valence-corrected chi connectivity index (χ0v) is 12.6. The summed E-state index contributed by atoms with van der Waals surface area (Å²) >= 11 is 0. The molecular weight excluding hydrogens is 268 g/mol. The van der Waals surface area contributed by atoms with E-state index in [4.69, 9.17) is 0 Å². The third kappa shape index (κ3) is 2.85. The minimum Gasteiger partial charge on any atom is -0.384 e. The lowest BCUT2D eigenvalue weighted by Gasteiger charge is -2.41. The van der Waals surface area contributed by atoms with Crippen LogP contribution in [0.3, 0.4) is 0 Å². The number of hydrogen-bond acceptors (Lipinski definition) is 4. The van der Waals surface area contributed by atoms with E-state index in [1.165, 1.54) is 0 Å². The third-order valence-corrected chi connectivity index (χ3v) is 4.30. The summed E-state index contributed by atoms with van der Waals surface area (Å²) in [6, 6.07) is 0.177. The number of likely N-dealkylation sites (tertiary alicyclic amines) is 1. The first kappa shape index (κ1) is 14.3. The van der Waals surface area contributed by atoms with E-state index in [1.807, 2.05) is 4.90 Å². The van der Waals surface area contributed by atoms with Crippen LogP contribution in [0.25, 0.3) is 0 Å². The van der Waals surface area contributed by atoms with Crippen molar-refractivity contribution in [2.45, 2.75) is 44.8 Å². The van der Waals surface area contributed by atoms with E-state index in [9.17, 15) is 9.90 Å². The minimum atomic E-state index is -0.980. The Balaban J connectivity index is 1.57. The molecule has 1 saturated heterocycles. The highest BCUT2D eigenvalue weighted by molar-refractivity contribution is 5.80. The molecule has 1 aromatic rings. The van der Waals surface area contributed by atoms with Crippen molar-refractivity contribution in [2.24, 2.45) is 5.92 Å². The predicted octanol–water partition coefficient (Wildman–Crippen LogP) is 1.25. The van der Waals surface area contributed by atoms with E-state index in [1.54, 1.807) is 24.7 Å². The van der Waals surface area contributed by atoms with Gasteiger partial charge in [0.15, 0.2) is 0 Å². The predicted molar refractivity (Wildman–Crippen MR) is 77.4 cm³/mol. The molecule has 0 spiro atoms. The van der Waals surface area contributed by atoms with Gasteiger partial charge in [-0.3, -0.25) is 4.79 Å². The van der Waals surface area contributed by atoms with Crippen molar-refractivity contribution in [2.75, 3.05) is 13.1 Å². The summed E-state index contributed by atoms with van der Waals surface area (Å²) in [7, 11) is 0. The fraction of sp³-hybridized carbons (Fsp3) is 0.667. The van der Waals surface area contributed by atoms with Crippen molar-refractivity contribution in [3.63, 3.8) is 0 Å².